The van der Waals surface area contributed by atoms with Crippen LogP contribution in [0.5, 0.6) is 0 Å². The Labute approximate surface area is 100 Å². The fraction of sp³-hybridized carbons (Fsp3) is 1.00. The SMILES string of the molecule is CCCCN1C[C@@H](C(C)(C)C)C[C@@H]1CCl. The molecule has 0 bridgehead atoms. The molecule has 2 atom stereocenters. The van der Waals surface area contributed by atoms with E-state index in [-0.39, 0.29) is 0 Å². The zero-order valence-electron chi connectivity index (χ0n) is 10.7. The quantitative estimate of drug-likeness (QED) is 0.666. The van der Waals surface area contributed by atoms with Crippen molar-refractivity contribution in [3.05, 3.63) is 0 Å². The van der Waals surface area contributed by atoms with Gasteiger partial charge < -0.3 is 0 Å². The number of hydrogen-bond donors (Lipinski definition) is 0. The molecule has 15 heavy (non-hydrogen) atoms. The molecule has 1 aliphatic heterocycles. The summed E-state index contributed by atoms with van der Waals surface area (Å²) in [6.45, 7) is 11.8. The summed E-state index contributed by atoms with van der Waals surface area (Å²) in [5.41, 5.74) is 0.436. The van der Waals surface area contributed by atoms with Gasteiger partial charge in [0.25, 0.3) is 0 Å². The first-order chi connectivity index (χ1) is 6.99. The number of likely N-dealkylation sites (tertiary alicyclic amines) is 1. The average Bonchev–Trinajstić information content (AvgIpc) is 2.57. The lowest BCUT2D eigenvalue weighted by Gasteiger charge is -2.27. The Bertz CT molecular complexity index is 185. The summed E-state index contributed by atoms with van der Waals surface area (Å²) >= 11 is 6.06. The molecule has 1 fully saturated rings. The Balaban J connectivity index is 2.51. The standard InChI is InChI=1S/C13H26ClN/c1-5-6-7-15-10-11(13(2,3)4)8-12(15)9-14/h11-12H,5-10H2,1-4H3/t11-,12+/m0/s1. The summed E-state index contributed by atoms with van der Waals surface area (Å²) < 4.78 is 0. The lowest BCUT2D eigenvalue weighted by molar-refractivity contribution is 0.221. The van der Waals surface area contributed by atoms with E-state index in [2.05, 4.69) is 32.6 Å². The molecule has 0 N–H and O–H groups in total. The monoisotopic (exact) mass is 231 g/mol. The molecule has 0 aliphatic carbocycles. The van der Waals surface area contributed by atoms with Crippen LogP contribution in [-0.4, -0.2) is 29.9 Å². The van der Waals surface area contributed by atoms with Gasteiger partial charge in [-0.1, -0.05) is 34.1 Å². The molecule has 0 saturated carbocycles. The zero-order chi connectivity index (χ0) is 11.5. The van der Waals surface area contributed by atoms with Gasteiger partial charge in [0.2, 0.25) is 0 Å². The second-order valence-corrected chi connectivity index (χ2v) is 6.26. The van der Waals surface area contributed by atoms with Gasteiger partial charge in [-0.3, -0.25) is 4.90 Å². The van der Waals surface area contributed by atoms with E-state index in [1.54, 1.807) is 0 Å². The average molecular weight is 232 g/mol. The van der Waals surface area contributed by atoms with Crippen molar-refractivity contribution >= 4 is 11.6 Å². The maximum Gasteiger partial charge on any atom is 0.0379 e. The molecular formula is C13H26ClN. The number of hydrogen-bond acceptors (Lipinski definition) is 1. The minimum Gasteiger partial charge on any atom is -0.299 e. The smallest absolute Gasteiger partial charge is 0.0379 e. The van der Waals surface area contributed by atoms with Crippen LogP contribution in [0.1, 0.15) is 47.0 Å². The maximum absolute atomic E-state index is 6.06. The fourth-order valence-corrected chi connectivity index (χ4v) is 2.73. The van der Waals surface area contributed by atoms with Crippen LogP contribution in [0.2, 0.25) is 0 Å². The van der Waals surface area contributed by atoms with Crippen molar-refractivity contribution in [1.29, 1.82) is 0 Å². The van der Waals surface area contributed by atoms with E-state index >= 15 is 0 Å². The van der Waals surface area contributed by atoms with Crippen molar-refractivity contribution < 1.29 is 0 Å². The minimum atomic E-state index is 0.436. The van der Waals surface area contributed by atoms with E-state index in [0.717, 1.165) is 11.8 Å². The summed E-state index contributed by atoms with van der Waals surface area (Å²) in [4.78, 5) is 2.60. The normalized spacial score (nSPS) is 28.6. The van der Waals surface area contributed by atoms with E-state index in [0.29, 0.717) is 11.5 Å². The van der Waals surface area contributed by atoms with Gasteiger partial charge in [-0.05, 0) is 30.7 Å². The molecule has 2 heteroatoms. The highest BCUT2D eigenvalue weighted by Gasteiger charge is 2.37. The molecule has 0 amide bonds. The van der Waals surface area contributed by atoms with Crippen LogP contribution in [0, 0.1) is 11.3 Å². The van der Waals surface area contributed by atoms with Crippen LogP contribution in [0.3, 0.4) is 0 Å². The predicted octanol–water partition coefficient (Wildman–Crippen LogP) is 3.76. The van der Waals surface area contributed by atoms with Gasteiger partial charge in [-0.15, -0.1) is 11.6 Å². The van der Waals surface area contributed by atoms with E-state index < -0.39 is 0 Å². The van der Waals surface area contributed by atoms with Gasteiger partial charge in [0.05, 0.1) is 0 Å². The molecule has 1 aliphatic rings. The van der Waals surface area contributed by atoms with Gasteiger partial charge in [-0.25, -0.2) is 0 Å². The summed E-state index contributed by atoms with van der Waals surface area (Å²) in [6, 6.07) is 0.627. The van der Waals surface area contributed by atoms with Gasteiger partial charge in [0.15, 0.2) is 0 Å². The lowest BCUT2D eigenvalue weighted by Crippen LogP contribution is -2.32. The lowest BCUT2D eigenvalue weighted by atomic mass is 9.79. The van der Waals surface area contributed by atoms with Gasteiger partial charge in [0.1, 0.15) is 0 Å². The number of halogens is 1. The Morgan fingerprint density at radius 1 is 1.33 bits per heavy atom. The van der Waals surface area contributed by atoms with E-state index in [4.69, 9.17) is 11.6 Å². The molecule has 0 spiro atoms. The first kappa shape index (κ1) is 13.3. The molecule has 1 heterocycles. The summed E-state index contributed by atoms with van der Waals surface area (Å²) in [6.07, 6.45) is 3.88. The molecule has 1 nitrogen and oxygen atoms in total. The topological polar surface area (TPSA) is 3.24 Å². The van der Waals surface area contributed by atoms with Gasteiger partial charge >= 0.3 is 0 Å². The molecule has 0 radical (unpaired) electrons. The van der Waals surface area contributed by atoms with E-state index in [9.17, 15) is 0 Å². The van der Waals surface area contributed by atoms with Crippen LogP contribution in [0.4, 0.5) is 0 Å². The van der Waals surface area contributed by atoms with E-state index in [1.807, 2.05) is 0 Å². The second kappa shape index (κ2) is 5.54. The third-order valence-electron chi connectivity index (χ3n) is 3.73. The highest BCUT2D eigenvalue weighted by Crippen LogP contribution is 2.37. The van der Waals surface area contributed by atoms with Crippen LogP contribution in [0.25, 0.3) is 0 Å². The maximum atomic E-state index is 6.06. The van der Waals surface area contributed by atoms with Crippen molar-refractivity contribution in [3.8, 4) is 0 Å². The number of alkyl halides is 1. The van der Waals surface area contributed by atoms with Crippen molar-refractivity contribution in [1.82, 2.24) is 4.90 Å². The Morgan fingerprint density at radius 2 is 2.00 bits per heavy atom. The van der Waals surface area contributed by atoms with Crippen LogP contribution < -0.4 is 0 Å². The third kappa shape index (κ3) is 3.64. The van der Waals surface area contributed by atoms with Crippen molar-refractivity contribution in [2.75, 3.05) is 19.0 Å². The largest absolute Gasteiger partial charge is 0.299 e. The van der Waals surface area contributed by atoms with Gasteiger partial charge in [0, 0.05) is 18.5 Å². The third-order valence-corrected chi connectivity index (χ3v) is 4.09. The Kier molecular flexibility index (Phi) is 4.92. The first-order valence-corrected chi connectivity index (χ1v) is 6.82. The second-order valence-electron chi connectivity index (χ2n) is 5.96. The Morgan fingerprint density at radius 3 is 2.47 bits per heavy atom. The molecule has 90 valence electrons. The Hall–Kier alpha value is 0.250. The number of rotatable bonds is 4. The van der Waals surface area contributed by atoms with Crippen LogP contribution in [0.15, 0.2) is 0 Å². The molecule has 0 aromatic carbocycles. The molecular weight excluding hydrogens is 206 g/mol. The highest BCUT2D eigenvalue weighted by atomic mass is 35.5. The minimum absolute atomic E-state index is 0.436. The molecule has 0 aromatic heterocycles. The van der Waals surface area contributed by atoms with E-state index in [1.165, 1.54) is 32.4 Å². The zero-order valence-corrected chi connectivity index (χ0v) is 11.5. The fourth-order valence-electron chi connectivity index (χ4n) is 2.41. The highest BCUT2D eigenvalue weighted by molar-refractivity contribution is 6.18. The summed E-state index contributed by atoms with van der Waals surface area (Å²) in [7, 11) is 0. The summed E-state index contributed by atoms with van der Waals surface area (Å²) in [5, 5.41) is 0. The summed E-state index contributed by atoms with van der Waals surface area (Å²) in [5.74, 6) is 1.62. The molecule has 1 saturated heterocycles. The number of nitrogens with zero attached hydrogens (tertiary/aromatic N) is 1. The predicted molar refractivity (Wildman–Crippen MR) is 68.6 cm³/mol. The van der Waals surface area contributed by atoms with Crippen molar-refractivity contribution in [2.24, 2.45) is 11.3 Å². The molecule has 1 rings (SSSR count). The number of unbranched alkanes of at least 4 members (excludes halogenated alkanes) is 1. The van der Waals surface area contributed by atoms with Crippen LogP contribution in [-0.2, 0) is 0 Å². The van der Waals surface area contributed by atoms with Crippen molar-refractivity contribution in [3.63, 3.8) is 0 Å². The van der Waals surface area contributed by atoms with Crippen LogP contribution >= 0.6 is 11.6 Å². The molecule has 0 unspecified atom stereocenters. The van der Waals surface area contributed by atoms with Gasteiger partial charge in [-0.2, -0.15) is 0 Å². The van der Waals surface area contributed by atoms with Crippen molar-refractivity contribution in [2.45, 2.75) is 53.0 Å². The molecule has 0 aromatic rings. The first-order valence-electron chi connectivity index (χ1n) is 6.29.